The van der Waals surface area contributed by atoms with Crippen LogP contribution >= 0.6 is 0 Å². The van der Waals surface area contributed by atoms with Gasteiger partial charge in [-0.3, -0.25) is 9.36 Å². The quantitative estimate of drug-likeness (QED) is 0.391. The minimum absolute atomic E-state index is 0.0982. The van der Waals surface area contributed by atoms with E-state index >= 15 is 0 Å². The average Bonchev–Trinajstić information content (AvgIpc) is 3.52. The first-order chi connectivity index (χ1) is 16.7. The summed E-state index contributed by atoms with van der Waals surface area (Å²) in [5.41, 5.74) is 6.18. The second-order valence-electron chi connectivity index (χ2n) is 8.87. The highest BCUT2D eigenvalue weighted by atomic mass is 16.5. The summed E-state index contributed by atoms with van der Waals surface area (Å²) in [6, 6.07) is 22.0. The van der Waals surface area contributed by atoms with E-state index in [1.807, 2.05) is 64.3 Å². The number of nitrogens with zero attached hydrogens (tertiary/aromatic N) is 3. The van der Waals surface area contributed by atoms with Gasteiger partial charge in [0.2, 0.25) is 0 Å². The standard InChI is InChI=1S/C28H26N4O2/c1-34-22-10-11-25-23(16-22)24(17-29-25)19-12-14-31(15-13-19)28(33)20-6-8-21(9-7-20)32-18-30-26-4-2-3-5-27(26)32/h2-11,16-19,29H,12-15H2,1H3. The average molecular weight is 451 g/mol. The summed E-state index contributed by atoms with van der Waals surface area (Å²) in [6.45, 7) is 1.52. The van der Waals surface area contributed by atoms with E-state index in [2.05, 4.69) is 34.4 Å². The molecule has 5 aromatic rings. The molecule has 3 heterocycles. The van der Waals surface area contributed by atoms with Gasteiger partial charge in [-0.15, -0.1) is 0 Å². The molecule has 170 valence electrons. The molecule has 6 nitrogen and oxygen atoms in total. The summed E-state index contributed by atoms with van der Waals surface area (Å²) >= 11 is 0. The molecule has 6 rings (SSSR count). The molecule has 2 aromatic heterocycles. The number of fused-ring (bicyclic) bond motifs is 2. The molecule has 0 spiro atoms. The number of hydrogen-bond acceptors (Lipinski definition) is 3. The van der Waals surface area contributed by atoms with Gasteiger partial charge < -0.3 is 14.6 Å². The molecule has 0 radical (unpaired) electrons. The Morgan fingerprint density at radius 1 is 1.03 bits per heavy atom. The van der Waals surface area contributed by atoms with Crippen LogP contribution in [-0.4, -0.2) is 45.5 Å². The van der Waals surface area contributed by atoms with Crippen molar-refractivity contribution in [3.05, 3.63) is 90.4 Å². The van der Waals surface area contributed by atoms with Gasteiger partial charge in [-0.05, 0) is 78.9 Å². The molecule has 1 fully saturated rings. The number of aromatic amines is 1. The number of carbonyl (C=O) groups excluding carboxylic acids is 1. The number of benzene rings is 3. The first-order valence-electron chi connectivity index (χ1n) is 11.7. The predicted octanol–water partition coefficient (Wildman–Crippen LogP) is 5.54. The Morgan fingerprint density at radius 3 is 2.62 bits per heavy atom. The van der Waals surface area contributed by atoms with Crippen LogP contribution in [0.3, 0.4) is 0 Å². The lowest BCUT2D eigenvalue weighted by Gasteiger charge is -2.32. The van der Waals surface area contributed by atoms with Gasteiger partial charge in [0.1, 0.15) is 12.1 Å². The fourth-order valence-electron chi connectivity index (χ4n) is 5.09. The van der Waals surface area contributed by atoms with Crippen LogP contribution < -0.4 is 4.74 Å². The lowest BCUT2D eigenvalue weighted by atomic mass is 9.89. The van der Waals surface area contributed by atoms with Crippen LogP contribution in [0.5, 0.6) is 5.75 Å². The summed E-state index contributed by atoms with van der Waals surface area (Å²) in [5.74, 6) is 1.40. The molecule has 3 aromatic carbocycles. The van der Waals surface area contributed by atoms with Crippen LogP contribution in [0.2, 0.25) is 0 Å². The van der Waals surface area contributed by atoms with E-state index in [-0.39, 0.29) is 5.91 Å². The minimum atomic E-state index is 0.0982. The van der Waals surface area contributed by atoms with E-state index in [1.54, 1.807) is 7.11 Å². The number of amides is 1. The maximum absolute atomic E-state index is 13.2. The number of likely N-dealkylation sites (tertiary alicyclic amines) is 1. The number of rotatable bonds is 4. The molecule has 0 bridgehead atoms. The highest BCUT2D eigenvalue weighted by Gasteiger charge is 2.26. The van der Waals surface area contributed by atoms with Crippen molar-refractivity contribution in [3.63, 3.8) is 0 Å². The third-order valence-electron chi connectivity index (χ3n) is 6.99. The van der Waals surface area contributed by atoms with Crippen molar-refractivity contribution in [2.45, 2.75) is 18.8 Å². The highest BCUT2D eigenvalue weighted by Crippen LogP contribution is 2.35. The Balaban J connectivity index is 1.16. The van der Waals surface area contributed by atoms with Gasteiger partial charge in [0.05, 0.1) is 18.1 Å². The predicted molar refractivity (Wildman–Crippen MR) is 134 cm³/mol. The SMILES string of the molecule is COc1ccc2[nH]cc(C3CCN(C(=O)c4ccc(-n5cnc6ccccc65)cc4)CC3)c2c1. The zero-order valence-corrected chi connectivity index (χ0v) is 19.1. The van der Waals surface area contributed by atoms with Crippen LogP contribution in [0.4, 0.5) is 0 Å². The molecular formula is C28H26N4O2. The number of imidazole rings is 1. The number of ether oxygens (including phenoxy) is 1. The van der Waals surface area contributed by atoms with Gasteiger partial charge in [-0.25, -0.2) is 4.98 Å². The normalized spacial score (nSPS) is 14.7. The van der Waals surface area contributed by atoms with E-state index in [9.17, 15) is 4.79 Å². The zero-order chi connectivity index (χ0) is 23.1. The van der Waals surface area contributed by atoms with Gasteiger partial charge in [-0.1, -0.05) is 12.1 Å². The minimum Gasteiger partial charge on any atom is -0.497 e. The Morgan fingerprint density at radius 2 is 1.82 bits per heavy atom. The number of nitrogens with one attached hydrogen (secondary N) is 1. The fraction of sp³-hybridized carbons (Fsp3) is 0.214. The van der Waals surface area contributed by atoms with E-state index in [4.69, 9.17) is 4.74 Å². The molecule has 34 heavy (non-hydrogen) atoms. The van der Waals surface area contributed by atoms with Crippen molar-refractivity contribution < 1.29 is 9.53 Å². The highest BCUT2D eigenvalue weighted by molar-refractivity contribution is 5.94. The van der Waals surface area contributed by atoms with Crippen LogP contribution in [0.1, 0.15) is 34.7 Å². The second-order valence-corrected chi connectivity index (χ2v) is 8.87. The Bertz CT molecular complexity index is 1470. The molecule has 1 aliphatic heterocycles. The van der Waals surface area contributed by atoms with Crippen molar-refractivity contribution in [3.8, 4) is 11.4 Å². The van der Waals surface area contributed by atoms with E-state index in [0.29, 0.717) is 5.92 Å². The summed E-state index contributed by atoms with van der Waals surface area (Å²) in [7, 11) is 1.70. The topological polar surface area (TPSA) is 63.1 Å². The molecular weight excluding hydrogens is 424 g/mol. The Kier molecular flexibility index (Phi) is 5.06. The lowest BCUT2D eigenvalue weighted by Crippen LogP contribution is -2.37. The number of piperidine rings is 1. The van der Waals surface area contributed by atoms with Crippen molar-refractivity contribution >= 4 is 27.8 Å². The molecule has 1 saturated heterocycles. The van der Waals surface area contributed by atoms with Gasteiger partial charge in [0.15, 0.2) is 0 Å². The molecule has 1 aliphatic rings. The van der Waals surface area contributed by atoms with Crippen molar-refractivity contribution in [1.82, 2.24) is 19.4 Å². The third kappa shape index (κ3) is 3.52. The second kappa shape index (κ2) is 8.37. The summed E-state index contributed by atoms with van der Waals surface area (Å²) in [6.07, 6.45) is 5.85. The smallest absolute Gasteiger partial charge is 0.253 e. The van der Waals surface area contributed by atoms with Crippen LogP contribution in [0.25, 0.3) is 27.6 Å². The van der Waals surface area contributed by atoms with Crippen molar-refractivity contribution in [2.24, 2.45) is 0 Å². The molecule has 0 atom stereocenters. The maximum atomic E-state index is 13.2. The van der Waals surface area contributed by atoms with Crippen LogP contribution in [-0.2, 0) is 0 Å². The number of para-hydroxylation sites is 2. The van der Waals surface area contributed by atoms with Gasteiger partial charge in [-0.2, -0.15) is 0 Å². The molecule has 0 unspecified atom stereocenters. The number of carbonyl (C=O) groups is 1. The summed E-state index contributed by atoms with van der Waals surface area (Å²) in [4.78, 5) is 23.0. The molecule has 0 saturated carbocycles. The third-order valence-corrected chi connectivity index (χ3v) is 6.99. The monoisotopic (exact) mass is 450 g/mol. The molecule has 1 N–H and O–H groups in total. The maximum Gasteiger partial charge on any atom is 0.253 e. The van der Waals surface area contributed by atoms with Gasteiger partial charge in [0.25, 0.3) is 5.91 Å². The van der Waals surface area contributed by atoms with E-state index < -0.39 is 0 Å². The first kappa shape index (κ1) is 20.5. The zero-order valence-electron chi connectivity index (χ0n) is 19.1. The molecule has 1 amide bonds. The Hall–Kier alpha value is -4.06. The van der Waals surface area contributed by atoms with Crippen molar-refractivity contribution in [1.29, 1.82) is 0 Å². The number of hydrogen-bond donors (Lipinski definition) is 1. The molecule has 0 aliphatic carbocycles. The van der Waals surface area contributed by atoms with Crippen LogP contribution in [0.15, 0.2) is 79.3 Å². The van der Waals surface area contributed by atoms with Crippen LogP contribution in [0, 0.1) is 0 Å². The Labute approximate surface area is 197 Å². The molecule has 6 heteroatoms. The van der Waals surface area contributed by atoms with Crippen molar-refractivity contribution in [2.75, 3.05) is 20.2 Å². The largest absolute Gasteiger partial charge is 0.497 e. The van der Waals surface area contributed by atoms with E-state index in [1.165, 1.54) is 10.9 Å². The van der Waals surface area contributed by atoms with E-state index in [0.717, 1.165) is 59.5 Å². The fourth-order valence-corrected chi connectivity index (χ4v) is 5.09. The first-order valence-corrected chi connectivity index (χ1v) is 11.7. The number of aromatic nitrogens is 3. The van der Waals surface area contributed by atoms with Gasteiger partial charge in [0, 0.05) is 41.4 Å². The summed E-state index contributed by atoms with van der Waals surface area (Å²) in [5, 5.41) is 1.21. The lowest BCUT2D eigenvalue weighted by molar-refractivity contribution is 0.0713. The number of methoxy groups -OCH3 is 1. The number of H-pyrrole nitrogens is 1. The van der Waals surface area contributed by atoms with Gasteiger partial charge >= 0.3 is 0 Å². The summed E-state index contributed by atoms with van der Waals surface area (Å²) < 4.78 is 7.46.